The van der Waals surface area contributed by atoms with Gasteiger partial charge in [-0.1, -0.05) is 12.1 Å². The van der Waals surface area contributed by atoms with Gasteiger partial charge in [0.1, 0.15) is 23.2 Å². The maximum atomic E-state index is 12.9. The van der Waals surface area contributed by atoms with E-state index < -0.39 is 17.6 Å². The fourth-order valence-electron chi connectivity index (χ4n) is 2.97. The molecule has 1 aliphatic rings. The number of nitrogens with one attached hydrogen (secondary N) is 1. The van der Waals surface area contributed by atoms with E-state index in [2.05, 4.69) is 10.2 Å². The van der Waals surface area contributed by atoms with Crippen LogP contribution in [-0.4, -0.2) is 50.2 Å². The lowest BCUT2D eigenvalue weighted by atomic mass is 10.1. The minimum Gasteiger partial charge on any atom is -0.457 e. The molecule has 1 aromatic heterocycles. The van der Waals surface area contributed by atoms with Gasteiger partial charge in [0, 0.05) is 37.8 Å². The van der Waals surface area contributed by atoms with Gasteiger partial charge in [-0.3, -0.25) is 9.69 Å². The SMILES string of the molecule is N#C/C(=C\c1ccc(-c2cccc(C(F)(F)F)c2)o1)C(=O)NCCN1CCOCC1. The first-order valence-corrected chi connectivity index (χ1v) is 9.34. The minimum atomic E-state index is -4.46. The summed E-state index contributed by atoms with van der Waals surface area (Å²) in [5.74, 6) is -0.137. The summed E-state index contributed by atoms with van der Waals surface area (Å²) >= 11 is 0. The lowest BCUT2D eigenvalue weighted by molar-refractivity contribution is -0.137. The van der Waals surface area contributed by atoms with Crippen LogP contribution in [0.5, 0.6) is 0 Å². The Kier molecular flexibility index (Phi) is 6.92. The summed E-state index contributed by atoms with van der Waals surface area (Å²) in [5.41, 5.74) is -0.689. The molecule has 1 N–H and O–H groups in total. The number of benzene rings is 1. The Morgan fingerprint density at radius 2 is 2.00 bits per heavy atom. The largest absolute Gasteiger partial charge is 0.457 e. The third-order valence-electron chi connectivity index (χ3n) is 4.57. The molecule has 6 nitrogen and oxygen atoms in total. The number of hydrogen-bond donors (Lipinski definition) is 1. The normalized spacial score (nSPS) is 15.6. The van der Waals surface area contributed by atoms with Crippen LogP contribution in [0.1, 0.15) is 11.3 Å². The van der Waals surface area contributed by atoms with Crippen LogP contribution in [0.2, 0.25) is 0 Å². The Labute approximate surface area is 171 Å². The highest BCUT2D eigenvalue weighted by Crippen LogP contribution is 2.32. The Balaban J connectivity index is 1.64. The Bertz CT molecular complexity index is 954. The lowest BCUT2D eigenvalue weighted by Gasteiger charge is -2.26. The van der Waals surface area contributed by atoms with Crippen molar-refractivity contribution in [1.29, 1.82) is 5.26 Å². The molecule has 30 heavy (non-hydrogen) atoms. The van der Waals surface area contributed by atoms with Gasteiger partial charge >= 0.3 is 6.18 Å². The van der Waals surface area contributed by atoms with Crippen LogP contribution in [0, 0.1) is 11.3 Å². The van der Waals surface area contributed by atoms with Gasteiger partial charge in [0.2, 0.25) is 0 Å². The second-order valence-electron chi connectivity index (χ2n) is 6.66. The van der Waals surface area contributed by atoms with Gasteiger partial charge in [-0.2, -0.15) is 18.4 Å². The first-order chi connectivity index (χ1) is 14.4. The fourth-order valence-corrected chi connectivity index (χ4v) is 2.97. The number of nitriles is 1. The van der Waals surface area contributed by atoms with Crippen molar-refractivity contribution < 1.29 is 27.1 Å². The molecule has 0 bridgehead atoms. The maximum absolute atomic E-state index is 12.9. The topological polar surface area (TPSA) is 78.5 Å². The van der Waals surface area contributed by atoms with Gasteiger partial charge in [-0.15, -0.1) is 0 Å². The first-order valence-electron chi connectivity index (χ1n) is 9.34. The molecule has 0 atom stereocenters. The van der Waals surface area contributed by atoms with E-state index >= 15 is 0 Å². The summed E-state index contributed by atoms with van der Waals surface area (Å²) in [6.45, 7) is 3.93. The summed E-state index contributed by atoms with van der Waals surface area (Å²) in [4.78, 5) is 14.4. The smallest absolute Gasteiger partial charge is 0.416 e. The number of alkyl halides is 3. The molecule has 3 rings (SSSR count). The molecule has 158 valence electrons. The first kappa shape index (κ1) is 21.6. The summed E-state index contributed by atoms with van der Waals surface area (Å²) in [5, 5.41) is 12.0. The Morgan fingerprint density at radius 3 is 2.70 bits per heavy atom. The zero-order valence-electron chi connectivity index (χ0n) is 16.0. The molecule has 0 radical (unpaired) electrons. The average Bonchev–Trinajstić information content (AvgIpc) is 3.21. The molecular formula is C21H20F3N3O3. The summed E-state index contributed by atoms with van der Waals surface area (Å²) in [6, 6.07) is 9.55. The predicted octanol–water partition coefficient (Wildman–Crippen LogP) is 3.32. The van der Waals surface area contributed by atoms with Crippen molar-refractivity contribution in [2.24, 2.45) is 0 Å². The van der Waals surface area contributed by atoms with E-state index in [1.54, 1.807) is 0 Å². The lowest BCUT2D eigenvalue weighted by Crippen LogP contribution is -2.41. The summed E-state index contributed by atoms with van der Waals surface area (Å²) in [6.07, 6.45) is -3.19. The highest BCUT2D eigenvalue weighted by atomic mass is 19.4. The van der Waals surface area contributed by atoms with Crippen molar-refractivity contribution in [2.45, 2.75) is 6.18 Å². The standard InChI is InChI=1S/C21H20F3N3O3/c22-21(23,24)17-3-1-2-15(12-17)19-5-4-18(30-19)13-16(14-25)20(28)26-6-7-27-8-10-29-11-9-27/h1-5,12-13H,6-11H2,(H,26,28)/b16-13+. The molecule has 9 heteroatoms. The molecule has 1 aliphatic heterocycles. The number of amides is 1. The number of halogens is 3. The molecule has 1 aromatic carbocycles. The second kappa shape index (κ2) is 9.61. The number of morpholine rings is 1. The minimum absolute atomic E-state index is 0.151. The monoisotopic (exact) mass is 419 g/mol. The van der Waals surface area contributed by atoms with Crippen molar-refractivity contribution in [3.63, 3.8) is 0 Å². The Hall–Kier alpha value is -3.09. The van der Waals surface area contributed by atoms with Crippen LogP contribution < -0.4 is 5.32 Å². The third-order valence-corrected chi connectivity index (χ3v) is 4.57. The maximum Gasteiger partial charge on any atom is 0.416 e. The average molecular weight is 419 g/mol. The van der Waals surface area contributed by atoms with Gasteiger partial charge in [0.25, 0.3) is 5.91 Å². The molecule has 0 aliphatic carbocycles. The number of nitrogens with zero attached hydrogens (tertiary/aromatic N) is 2. The molecule has 0 unspecified atom stereocenters. The number of carbonyl (C=O) groups is 1. The third kappa shape index (κ3) is 5.72. The van der Waals surface area contributed by atoms with Crippen LogP contribution >= 0.6 is 0 Å². The molecule has 0 spiro atoms. The number of ether oxygens (including phenoxy) is 1. The number of hydrogen-bond acceptors (Lipinski definition) is 5. The van der Waals surface area contributed by atoms with Crippen molar-refractivity contribution in [1.82, 2.24) is 10.2 Å². The van der Waals surface area contributed by atoms with E-state index in [1.165, 1.54) is 30.3 Å². The van der Waals surface area contributed by atoms with E-state index in [1.807, 2.05) is 6.07 Å². The van der Waals surface area contributed by atoms with Crippen molar-refractivity contribution in [3.8, 4) is 17.4 Å². The van der Waals surface area contributed by atoms with Crippen molar-refractivity contribution in [3.05, 3.63) is 53.3 Å². The van der Waals surface area contributed by atoms with Crippen LogP contribution in [0.3, 0.4) is 0 Å². The molecule has 1 amide bonds. The van der Waals surface area contributed by atoms with Crippen molar-refractivity contribution in [2.75, 3.05) is 39.4 Å². The van der Waals surface area contributed by atoms with E-state index in [0.29, 0.717) is 26.3 Å². The predicted molar refractivity (Wildman–Crippen MR) is 103 cm³/mol. The Morgan fingerprint density at radius 1 is 1.23 bits per heavy atom. The zero-order chi connectivity index (χ0) is 21.6. The van der Waals surface area contributed by atoms with Gasteiger partial charge in [-0.25, -0.2) is 0 Å². The van der Waals surface area contributed by atoms with E-state index in [0.717, 1.165) is 25.2 Å². The number of carbonyl (C=O) groups excluding carboxylic acids is 1. The quantitative estimate of drug-likeness (QED) is 0.574. The van der Waals surface area contributed by atoms with E-state index in [-0.39, 0.29) is 22.7 Å². The van der Waals surface area contributed by atoms with Gasteiger partial charge < -0.3 is 14.5 Å². The van der Waals surface area contributed by atoms with Gasteiger partial charge in [0.05, 0.1) is 18.8 Å². The second-order valence-corrected chi connectivity index (χ2v) is 6.66. The molecular weight excluding hydrogens is 399 g/mol. The molecule has 1 saturated heterocycles. The van der Waals surface area contributed by atoms with Crippen LogP contribution in [-0.2, 0) is 15.7 Å². The number of rotatable bonds is 6. The van der Waals surface area contributed by atoms with Crippen LogP contribution in [0.15, 0.2) is 46.4 Å². The molecule has 0 saturated carbocycles. The summed E-state index contributed by atoms with van der Waals surface area (Å²) < 4.78 is 49.4. The molecule has 2 heterocycles. The van der Waals surface area contributed by atoms with Crippen molar-refractivity contribution >= 4 is 12.0 Å². The molecule has 2 aromatic rings. The van der Waals surface area contributed by atoms with E-state index in [4.69, 9.17) is 9.15 Å². The highest BCUT2D eigenvalue weighted by Gasteiger charge is 2.30. The van der Waals surface area contributed by atoms with Gasteiger partial charge in [-0.05, 0) is 24.3 Å². The summed E-state index contributed by atoms with van der Waals surface area (Å²) in [7, 11) is 0. The fraction of sp³-hybridized carbons (Fsp3) is 0.333. The molecule has 1 fully saturated rings. The van der Waals surface area contributed by atoms with Gasteiger partial charge in [0.15, 0.2) is 0 Å². The van der Waals surface area contributed by atoms with Crippen LogP contribution in [0.4, 0.5) is 13.2 Å². The van der Waals surface area contributed by atoms with Crippen LogP contribution in [0.25, 0.3) is 17.4 Å². The van der Waals surface area contributed by atoms with E-state index in [9.17, 15) is 23.2 Å². The zero-order valence-corrected chi connectivity index (χ0v) is 16.0. The highest BCUT2D eigenvalue weighted by molar-refractivity contribution is 6.01. The number of furan rings is 1.